The van der Waals surface area contributed by atoms with Gasteiger partial charge in [0.05, 0.1) is 26.5 Å². The maximum atomic E-state index is 12.8. The molecule has 0 fully saturated rings. The van der Waals surface area contributed by atoms with Crippen molar-refractivity contribution in [2.75, 3.05) is 11.0 Å². The topological polar surface area (TPSA) is 109 Å². The number of nitrogens with one attached hydrogen (secondary N) is 2. The normalized spacial score (nSPS) is 12.2. The Labute approximate surface area is 168 Å². The van der Waals surface area contributed by atoms with E-state index in [1.54, 1.807) is 24.3 Å². The van der Waals surface area contributed by atoms with E-state index in [0.29, 0.717) is 17.1 Å². The Morgan fingerprint density at radius 2 is 1.41 bits per heavy atom. The zero-order chi connectivity index (χ0) is 20.6. The zero-order valence-electron chi connectivity index (χ0n) is 15.3. The van der Waals surface area contributed by atoms with Gasteiger partial charge < -0.3 is 4.98 Å². The van der Waals surface area contributed by atoms with Gasteiger partial charge in [-0.25, -0.2) is 21.8 Å². The summed E-state index contributed by atoms with van der Waals surface area (Å²) in [5, 5.41) is 0. The maximum absolute atomic E-state index is 12.8. The monoisotopic (exact) mass is 427 g/mol. The molecule has 29 heavy (non-hydrogen) atoms. The SMILES string of the molecule is CS(=O)(=O)c1ccc(S(=O)(=O)Nc2ccccc2-c2nc3ccccc3[nH]2)cc1. The summed E-state index contributed by atoms with van der Waals surface area (Å²) < 4.78 is 51.4. The summed E-state index contributed by atoms with van der Waals surface area (Å²) in [6.07, 6.45) is 1.07. The van der Waals surface area contributed by atoms with Crippen molar-refractivity contribution in [3.05, 3.63) is 72.8 Å². The first-order chi connectivity index (χ1) is 13.7. The van der Waals surface area contributed by atoms with Gasteiger partial charge in [-0.2, -0.15) is 0 Å². The molecule has 0 unspecified atom stereocenters. The third kappa shape index (κ3) is 3.87. The van der Waals surface area contributed by atoms with E-state index in [1.807, 2.05) is 24.3 Å². The fraction of sp³-hybridized carbons (Fsp3) is 0.0500. The molecule has 4 rings (SSSR count). The largest absolute Gasteiger partial charge is 0.338 e. The maximum Gasteiger partial charge on any atom is 0.261 e. The van der Waals surface area contributed by atoms with Crippen LogP contribution in [0.3, 0.4) is 0 Å². The number of rotatable bonds is 5. The summed E-state index contributed by atoms with van der Waals surface area (Å²) in [5.41, 5.74) is 2.58. The van der Waals surface area contributed by atoms with E-state index in [2.05, 4.69) is 14.7 Å². The van der Waals surface area contributed by atoms with Gasteiger partial charge in [-0.3, -0.25) is 4.72 Å². The Kier molecular flexibility index (Phi) is 4.64. The fourth-order valence-corrected chi connectivity index (χ4v) is 4.64. The molecule has 0 aliphatic rings. The second kappa shape index (κ2) is 7.02. The Morgan fingerprint density at radius 3 is 2.10 bits per heavy atom. The van der Waals surface area contributed by atoms with Crippen LogP contribution < -0.4 is 4.72 Å². The molecule has 0 aliphatic carbocycles. The van der Waals surface area contributed by atoms with Crippen LogP contribution in [0.25, 0.3) is 22.4 Å². The van der Waals surface area contributed by atoms with Crippen molar-refractivity contribution in [3.8, 4) is 11.4 Å². The van der Waals surface area contributed by atoms with E-state index in [0.717, 1.165) is 17.3 Å². The van der Waals surface area contributed by atoms with Crippen LogP contribution in [0.15, 0.2) is 82.6 Å². The van der Waals surface area contributed by atoms with Crippen LogP contribution in [-0.4, -0.2) is 33.1 Å². The van der Waals surface area contributed by atoms with Crippen LogP contribution in [0.1, 0.15) is 0 Å². The molecule has 7 nitrogen and oxygen atoms in total. The number of aromatic amines is 1. The Morgan fingerprint density at radius 1 is 0.793 bits per heavy atom. The van der Waals surface area contributed by atoms with Crippen molar-refractivity contribution in [2.45, 2.75) is 9.79 Å². The number of benzene rings is 3. The van der Waals surface area contributed by atoms with Gasteiger partial charge in [0.25, 0.3) is 10.0 Å². The Hall–Kier alpha value is -3.17. The lowest BCUT2D eigenvalue weighted by Gasteiger charge is -2.11. The first kappa shape index (κ1) is 19.2. The van der Waals surface area contributed by atoms with Crippen molar-refractivity contribution >= 4 is 36.6 Å². The average molecular weight is 428 g/mol. The number of imidazole rings is 1. The van der Waals surface area contributed by atoms with E-state index >= 15 is 0 Å². The van der Waals surface area contributed by atoms with E-state index in [-0.39, 0.29) is 9.79 Å². The molecule has 148 valence electrons. The second-order valence-corrected chi connectivity index (χ2v) is 10.2. The molecule has 3 aromatic carbocycles. The van der Waals surface area contributed by atoms with Gasteiger partial charge in [0, 0.05) is 11.8 Å². The van der Waals surface area contributed by atoms with Gasteiger partial charge in [-0.05, 0) is 48.5 Å². The molecule has 0 saturated heterocycles. The molecule has 0 saturated carbocycles. The third-order valence-corrected chi connectivity index (χ3v) is 6.89. The van der Waals surface area contributed by atoms with Gasteiger partial charge >= 0.3 is 0 Å². The number of fused-ring (bicyclic) bond motifs is 1. The minimum absolute atomic E-state index is 0.0377. The number of hydrogen-bond donors (Lipinski definition) is 2. The molecule has 4 aromatic rings. The molecule has 9 heteroatoms. The number of sulfone groups is 1. The number of anilines is 1. The molecule has 0 bridgehead atoms. The molecule has 0 radical (unpaired) electrons. The first-order valence-electron chi connectivity index (χ1n) is 8.61. The third-order valence-electron chi connectivity index (χ3n) is 4.38. The number of H-pyrrole nitrogens is 1. The summed E-state index contributed by atoms with van der Waals surface area (Å²) in [6, 6.07) is 19.5. The van der Waals surface area contributed by atoms with Gasteiger partial charge in [0.1, 0.15) is 5.82 Å². The molecule has 0 amide bonds. The van der Waals surface area contributed by atoms with Gasteiger partial charge in [0.2, 0.25) is 0 Å². The van der Waals surface area contributed by atoms with Gasteiger partial charge in [-0.15, -0.1) is 0 Å². The molecule has 0 spiro atoms. The lowest BCUT2D eigenvalue weighted by Crippen LogP contribution is -2.14. The summed E-state index contributed by atoms with van der Waals surface area (Å²) in [5.74, 6) is 0.539. The predicted octanol–water partition coefficient (Wildman–Crippen LogP) is 3.43. The van der Waals surface area contributed by atoms with E-state index in [9.17, 15) is 16.8 Å². The van der Waals surface area contributed by atoms with E-state index < -0.39 is 19.9 Å². The highest BCUT2D eigenvalue weighted by molar-refractivity contribution is 7.92. The standard InChI is InChI=1S/C20H17N3O4S2/c1-28(24,25)14-10-12-15(13-11-14)29(26,27)23-17-7-3-2-6-16(17)20-21-18-8-4-5-9-19(18)22-20/h2-13,23H,1H3,(H,21,22). The smallest absolute Gasteiger partial charge is 0.261 e. The van der Waals surface area contributed by atoms with Crippen LogP contribution in [0.4, 0.5) is 5.69 Å². The first-order valence-corrected chi connectivity index (χ1v) is 12.0. The molecule has 1 aromatic heterocycles. The van der Waals surface area contributed by atoms with Crippen molar-refractivity contribution < 1.29 is 16.8 Å². The minimum atomic E-state index is -3.92. The molecule has 2 N–H and O–H groups in total. The fourth-order valence-electron chi connectivity index (χ4n) is 2.93. The number of nitrogens with zero attached hydrogens (tertiary/aromatic N) is 1. The molecule has 0 atom stereocenters. The van der Waals surface area contributed by atoms with Gasteiger partial charge in [-0.1, -0.05) is 24.3 Å². The molecule has 0 aliphatic heterocycles. The molecule has 1 heterocycles. The second-order valence-electron chi connectivity index (χ2n) is 6.50. The molecular weight excluding hydrogens is 410 g/mol. The highest BCUT2D eigenvalue weighted by atomic mass is 32.2. The van der Waals surface area contributed by atoms with Crippen LogP contribution in [0.2, 0.25) is 0 Å². The number of aromatic nitrogens is 2. The predicted molar refractivity (Wildman–Crippen MR) is 112 cm³/mol. The average Bonchev–Trinajstić information content (AvgIpc) is 3.11. The lowest BCUT2D eigenvalue weighted by molar-refractivity contribution is 0.597. The van der Waals surface area contributed by atoms with Crippen molar-refractivity contribution in [2.24, 2.45) is 0 Å². The summed E-state index contributed by atoms with van der Waals surface area (Å²) >= 11 is 0. The summed E-state index contributed by atoms with van der Waals surface area (Å²) in [6.45, 7) is 0. The van der Waals surface area contributed by atoms with Crippen LogP contribution in [0, 0.1) is 0 Å². The quantitative estimate of drug-likeness (QED) is 0.507. The van der Waals surface area contributed by atoms with Gasteiger partial charge in [0.15, 0.2) is 9.84 Å². The van der Waals surface area contributed by atoms with Crippen molar-refractivity contribution in [1.82, 2.24) is 9.97 Å². The van der Waals surface area contributed by atoms with Crippen LogP contribution in [-0.2, 0) is 19.9 Å². The summed E-state index contributed by atoms with van der Waals surface area (Å²) in [4.78, 5) is 7.73. The van der Waals surface area contributed by atoms with Crippen LogP contribution >= 0.6 is 0 Å². The van der Waals surface area contributed by atoms with Crippen LogP contribution in [0.5, 0.6) is 0 Å². The summed E-state index contributed by atoms with van der Waals surface area (Å²) in [7, 11) is -7.33. The lowest BCUT2D eigenvalue weighted by atomic mass is 10.2. The number of sulfonamides is 1. The number of hydrogen-bond acceptors (Lipinski definition) is 5. The number of para-hydroxylation sites is 3. The Bertz CT molecular complexity index is 1370. The van der Waals surface area contributed by atoms with E-state index in [1.165, 1.54) is 24.3 Å². The Balaban J connectivity index is 1.71. The zero-order valence-corrected chi connectivity index (χ0v) is 17.0. The molecular formula is C20H17N3O4S2. The van der Waals surface area contributed by atoms with E-state index in [4.69, 9.17) is 0 Å². The highest BCUT2D eigenvalue weighted by Crippen LogP contribution is 2.29. The van der Waals surface area contributed by atoms with Crippen molar-refractivity contribution in [1.29, 1.82) is 0 Å². The highest BCUT2D eigenvalue weighted by Gasteiger charge is 2.18. The van der Waals surface area contributed by atoms with Crippen molar-refractivity contribution in [3.63, 3.8) is 0 Å². The minimum Gasteiger partial charge on any atom is -0.338 e.